The van der Waals surface area contributed by atoms with Crippen molar-refractivity contribution >= 4 is 17.3 Å². The summed E-state index contributed by atoms with van der Waals surface area (Å²) in [4.78, 5) is 4.29. The SMILES string of the molecule is FC(F)(F)c1cccc(N2CCN(Cc3cccc(Cl)c3)CC2)c1. The summed E-state index contributed by atoms with van der Waals surface area (Å²) >= 11 is 6.00. The van der Waals surface area contributed by atoms with Crippen LogP contribution >= 0.6 is 11.6 Å². The molecule has 1 saturated heterocycles. The van der Waals surface area contributed by atoms with Crippen molar-refractivity contribution in [2.45, 2.75) is 12.7 Å². The molecule has 6 heteroatoms. The van der Waals surface area contributed by atoms with Gasteiger partial charge in [-0.1, -0.05) is 29.8 Å². The molecule has 0 atom stereocenters. The minimum Gasteiger partial charge on any atom is -0.369 e. The standard InChI is InChI=1S/C18H18ClF3N2/c19-16-5-1-3-14(11-16)13-23-7-9-24(10-8-23)17-6-2-4-15(12-17)18(20,21)22/h1-6,11-12H,7-10,13H2. The number of hydrogen-bond acceptors (Lipinski definition) is 2. The van der Waals surface area contributed by atoms with Gasteiger partial charge in [-0.25, -0.2) is 0 Å². The first-order valence-corrected chi connectivity index (χ1v) is 8.18. The van der Waals surface area contributed by atoms with E-state index < -0.39 is 11.7 Å². The van der Waals surface area contributed by atoms with Gasteiger partial charge in [0.15, 0.2) is 0 Å². The van der Waals surface area contributed by atoms with Crippen LogP contribution in [0.2, 0.25) is 5.02 Å². The Balaban J connectivity index is 1.61. The number of piperazine rings is 1. The molecular formula is C18H18ClF3N2. The largest absolute Gasteiger partial charge is 0.416 e. The van der Waals surface area contributed by atoms with E-state index in [4.69, 9.17) is 11.6 Å². The van der Waals surface area contributed by atoms with E-state index in [0.29, 0.717) is 18.8 Å². The first-order valence-electron chi connectivity index (χ1n) is 7.81. The Morgan fingerprint density at radius 2 is 1.62 bits per heavy atom. The van der Waals surface area contributed by atoms with Gasteiger partial charge in [-0.3, -0.25) is 4.90 Å². The van der Waals surface area contributed by atoms with Crippen molar-refractivity contribution in [1.82, 2.24) is 4.90 Å². The molecule has 1 fully saturated rings. The molecule has 2 nitrogen and oxygen atoms in total. The summed E-state index contributed by atoms with van der Waals surface area (Å²) in [6.45, 7) is 3.84. The predicted molar refractivity (Wildman–Crippen MR) is 90.4 cm³/mol. The fourth-order valence-electron chi connectivity index (χ4n) is 2.94. The lowest BCUT2D eigenvalue weighted by Gasteiger charge is -2.36. The molecule has 1 aliphatic rings. The Labute approximate surface area is 144 Å². The average Bonchev–Trinajstić information content (AvgIpc) is 2.55. The zero-order valence-corrected chi connectivity index (χ0v) is 13.8. The van der Waals surface area contributed by atoms with Crippen LogP contribution in [0.3, 0.4) is 0 Å². The average molecular weight is 355 g/mol. The number of anilines is 1. The number of hydrogen-bond donors (Lipinski definition) is 0. The lowest BCUT2D eigenvalue weighted by Crippen LogP contribution is -2.46. The number of rotatable bonds is 3. The van der Waals surface area contributed by atoms with E-state index >= 15 is 0 Å². The first kappa shape index (κ1) is 17.1. The van der Waals surface area contributed by atoms with Crippen LogP contribution in [0.1, 0.15) is 11.1 Å². The topological polar surface area (TPSA) is 6.48 Å². The van der Waals surface area contributed by atoms with E-state index in [0.717, 1.165) is 36.3 Å². The quantitative estimate of drug-likeness (QED) is 0.789. The van der Waals surface area contributed by atoms with Crippen LogP contribution in [-0.4, -0.2) is 31.1 Å². The lowest BCUT2D eigenvalue weighted by molar-refractivity contribution is -0.137. The summed E-state index contributed by atoms with van der Waals surface area (Å²) in [6, 6.07) is 13.3. The highest BCUT2D eigenvalue weighted by Crippen LogP contribution is 2.31. The molecule has 3 rings (SSSR count). The van der Waals surface area contributed by atoms with E-state index in [-0.39, 0.29) is 0 Å². The smallest absolute Gasteiger partial charge is 0.369 e. The van der Waals surface area contributed by atoms with Crippen LogP contribution in [0.4, 0.5) is 18.9 Å². The maximum absolute atomic E-state index is 12.8. The normalized spacial score (nSPS) is 16.4. The monoisotopic (exact) mass is 354 g/mol. The minimum atomic E-state index is -4.30. The lowest BCUT2D eigenvalue weighted by atomic mass is 10.1. The zero-order valence-electron chi connectivity index (χ0n) is 13.1. The molecule has 2 aromatic rings. The molecule has 0 radical (unpaired) electrons. The van der Waals surface area contributed by atoms with Gasteiger partial charge in [-0.15, -0.1) is 0 Å². The fraction of sp³-hybridized carbons (Fsp3) is 0.333. The van der Waals surface area contributed by atoms with Crippen molar-refractivity contribution in [3.05, 3.63) is 64.7 Å². The van der Waals surface area contributed by atoms with E-state index in [1.165, 1.54) is 12.1 Å². The first-order chi connectivity index (χ1) is 11.4. The van der Waals surface area contributed by atoms with Gasteiger partial charge in [-0.05, 0) is 35.9 Å². The molecule has 2 aromatic carbocycles. The van der Waals surface area contributed by atoms with Gasteiger partial charge in [0.2, 0.25) is 0 Å². The molecule has 0 spiro atoms. The fourth-order valence-corrected chi connectivity index (χ4v) is 3.15. The van der Waals surface area contributed by atoms with Crippen LogP contribution in [0.15, 0.2) is 48.5 Å². The van der Waals surface area contributed by atoms with Crippen molar-refractivity contribution in [2.75, 3.05) is 31.1 Å². The van der Waals surface area contributed by atoms with Crippen LogP contribution in [-0.2, 0) is 12.7 Å². The second kappa shape index (κ2) is 7.03. The third-order valence-corrected chi connectivity index (χ3v) is 4.44. The van der Waals surface area contributed by atoms with Crippen molar-refractivity contribution in [1.29, 1.82) is 0 Å². The molecular weight excluding hydrogens is 337 g/mol. The van der Waals surface area contributed by atoms with Crippen LogP contribution in [0.25, 0.3) is 0 Å². The van der Waals surface area contributed by atoms with Crippen LogP contribution < -0.4 is 4.90 Å². The van der Waals surface area contributed by atoms with Gasteiger partial charge >= 0.3 is 6.18 Å². The maximum Gasteiger partial charge on any atom is 0.416 e. The summed E-state index contributed by atoms with van der Waals surface area (Å²) < 4.78 is 38.5. The molecule has 0 N–H and O–H groups in total. The molecule has 24 heavy (non-hydrogen) atoms. The van der Waals surface area contributed by atoms with Crippen LogP contribution in [0.5, 0.6) is 0 Å². The van der Waals surface area contributed by atoms with E-state index in [1.54, 1.807) is 6.07 Å². The second-order valence-corrected chi connectivity index (χ2v) is 6.38. The minimum absolute atomic E-state index is 0.596. The number of nitrogens with zero attached hydrogens (tertiary/aromatic N) is 2. The van der Waals surface area contributed by atoms with E-state index in [1.807, 2.05) is 29.2 Å². The molecule has 0 unspecified atom stereocenters. The summed E-state index contributed by atoms with van der Waals surface area (Å²) in [5.41, 5.74) is 1.18. The van der Waals surface area contributed by atoms with Gasteiger partial charge < -0.3 is 4.90 Å². The van der Waals surface area contributed by atoms with Crippen LogP contribution in [0, 0.1) is 0 Å². The Hall–Kier alpha value is -1.72. The molecule has 0 saturated carbocycles. The summed E-state index contributed by atoms with van der Waals surface area (Å²) in [5.74, 6) is 0. The number of alkyl halides is 3. The molecule has 1 heterocycles. The summed E-state index contributed by atoms with van der Waals surface area (Å²) in [5, 5.41) is 0.718. The zero-order chi connectivity index (χ0) is 17.2. The molecule has 128 valence electrons. The highest BCUT2D eigenvalue weighted by atomic mass is 35.5. The molecule has 0 bridgehead atoms. The van der Waals surface area contributed by atoms with Gasteiger partial charge in [0.05, 0.1) is 5.56 Å². The van der Waals surface area contributed by atoms with Gasteiger partial charge in [-0.2, -0.15) is 13.2 Å². The van der Waals surface area contributed by atoms with E-state index in [2.05, 4.69) is 4.90 Å². The van der Waals surface area contributed by atoms with Crippen molar-refractivity contribution < 1.29 is 13.2 Å². The Kier molecular flexibility index (Phi) is 5.01. The summed E-state index contributed by atoms with van der Waals surface area (Å²) in [6.07, 6.45) is -4.30. The Morgan fingerprint density at radius 3 is 2.29 bits per heavy atom. The number of halogens is 4. The van der Waals surface area contributed by atoms with Crippen molar-refractivity contribution in [3.63, 3.8) is 0 Å². The third-order valence-electron chi connectivity index (χ3n) is 4.21. The van der Waals surface area contributed by atoms with Gasteiger partial charge in [0.25, 0.3) is 0 Å². The Morgan fingerprint density at radius 1 is 0.917 bits per heavy atom. The van der Waals surface area contributed by atoms with Gasteiger partial charge in [0, 0.05) is 43.4 Å². The molecule has 0 amide bonds. The third kappa shape index (κ3) is 4.22. The maximum atomic E-state index is 12.8. The predicted octanol–water partition coefficient (Wildman–Crippen LogP) is 4.68. The molecule has 0 aliphatic carbocycles. The highest BCUT2D eigenvalue weighted by Gasteiger charge is 2.31. The van der Waals surface area contributed by atoms with E-state index in [9.17, 15) is 13.2 Å². The second-order valence-electron chi connectivity index (χ2n) is 5.94. The van der Waals surface area contributed by atoms with Crippen molar-refractivity contribution in [3.8, 4) is 0 Å². The summed E-state index contributed by atoms with van der Waals surface area (Å²) in [7, 11) is 0. The van der Waals surface area contributed by atoms with Crippen molar-refractivity contribution in [2.24, 2.45) is 0 Å². The Bertz CT molecular complexity index is 695. The van der Waals surface area contributed by atoms with Gasteiger partial charge in [0.1, 0.15) is 0 Å². The number of benzene rings is 2. The molecule has 0 aromatic heterocycles. The molecule has 1 aliphatic heterocycles. The highest BCUT2D eigenvalue weighted by molar-refractivity contribution is 6.30.